The van der Waals surface area contributed by atoms with Gasteiger partial charge in [0.15, 0.2) is 9.84 Å². The normalized spacial score (nSPS) is 27.2. The molecule has 1 aromatic carbocycles. The molecule has 1 aromatic rings. The van der Waals surface area contributed by atoms with E-state index in [1.54, 1.807) is 0 Å². The smallest absolute Gasteiger partial charge is 0.331 e. The number of rotatable bonds is 4. The zero-order valence-corrected chi connectivity index (χ0v) is 14.4. The lowest BCUT2D eigenvalue weighted by atomic mass is 9.98. The van der Waals surface area contributed by atoms with Crippen molar-refractivity contribution in [1.82, 2.24) is 4.90 Å². The number of fused-ring (bicyclic) bond motifs is 1. The minimum absolute atomic E-state index is 0.0473. The van der Waals surface area contributed by atoms with Gasteiger partial charge in [-0.05, 0) is 26.0 Å². The lowest BCUT2D eigenvalue weighted by Gasteiger charge is -2.36. The van der Waals surface area contributed by atoms with Crippen LogP contribution in [0.25, 0.3) is 0 Å². The number of benzene rings is 1. The molecule has 0 aromatic heterocycles. The molecule has 2 aliphatic rings. The third kappa shape index (κ3) is 2.44. The minimum Gasteiger partial charge on any atom is -0.453 e. The molecule has 8 heteroatoms. The van der Waals surface area contributed by atoms with Crippen LogP contribution in [-0.4, -0.2) is 47.3 Å². The summed E-state index contributed by atoms with van der Waals surface area (Å²) >= 11 is 1.33. The molecular formula is C15H17NO5S2. The Balaban J connectivity index is 1.70. The summed E-state index contributed by atoms with van der Waals surface area (Å²) in [6.45, 7) is 2.95. The Labute approximate surface area is 139 Å². The molecule has 23 heavy (non-hydrogen) atoms. The second-order valence-corrected chi connectivity index (χ2v) is 9.73. The van der Waals surface area contributed by atoms with E-state index in [0.717, 1.165) is 9.80 Å². The number of nitrogens with zero attached hydrogens (tertiary/aromatic N) is 1. The van der Waals surface area contributed by atoms with Crippen molar-refractivity contribution < 1.29 is 22.7 Å². The van der Waals surface area contributed by atoms with Gasteiger partial charge in [-0.25, -0.2) is 13.2 Å². The van der Waals surface area contributed by atoms with Crippen molar-refractivity contribution >= 4 is 33.5 Å². The molecule has 2 aliphatic heterocycles. The molecular weight excluding hydrogens is 338 g/mol. The molecule has 2 heterocycles. The first-order chi connectivity index (χ1) is 10.8. The first-order valence-electron chi connectivity index (χ1n) is 7.16. The number of carbonyl (C=O) groups excluding carboxylic acids is 2. The largest absolute Gasteiger partial charge is 0.453 e. The molecule has 2 fully saturated rings. The molecule has 1 amide bonds. The maximum absolute atomic E-state index is 12.4. The fraction of sp³-hybridized carbons (Fsp3) is 0.467. The molecule has 0 unspecified atom stereocenters. The van der Waals surface area contributed by atoms with Crippen LogP contribution in [0.2, 0.25) is 0 Å². The van der Waals surface area contributed by atoms with E-state index in [1.807, 2.05) is 30.3 Å². The average molecular weight is 355 g/mol. The van der Waals surface area contributed by atoms with Gasteiger partial charge in [0.2, 0.25) is 5.91 Å². The Morgan fingerprint density at radius 1 is 1.35 bits per heavy atom. The number of hydrogen-bond acceptors (Lipinski definition) is 6. The topological polar surface area (TPSA) is 80.8 Å². The molecule has 124 valence electrons. The van der Waals surface area contributed by atoms with Crippen molar-refractivity contribution in [2.45, 2.75) is 41.3 Å². The average Bonchev–Trinajstić information content (AvgIpc) is 2.62. The van der Waals surface area contributed by atoms with Crippen molar-refractivity contribution in [3.8, 4) is 0 Å². The highest BCUT2D eigenvalue weighted by atomic mass is 32.2. The van der Waals surface area contributed by atoms with Gasteiger partial charge in [0.1, 0.15) is 17.4 Å². The molecule has 6 nitrogen and oxygen atoms in total. The van der Waals surface area contributed by atoms with Crippen molar-refractivity contribution in [2.75, 3.05) is 5.94 Å². The summed E-state index contributed by atoms with van der Waals surface area (Å²) in [5, 5.41) is -0.885. The predicted octanol–water partition coefficient (Wildman–Crippen LogP) is 1.41. The summed E-state index contributed by atoms with van der Waals surface area (Å²) in [5.74, 6) is -0.915. The van der Waals surface area contributed by atoms with Gasteiger partial charge in [-0.3, -0.25) is 4.79 Å². The Bertz CT molecular complexity index is 744. The Morgan fingerprint density at radius 2 is 2.00 bits per heavy atom. The Hall–Kier alpha value is -1.54. The molecule has 0 radical (unpaired) electrons. The quantitative estimate of drug-likeness (QED) is 0.352. The van der Waals surface area contributed by atoms with Gasteiger partial charge in [-0.1, -0.05) is 30.0 Å². The van der Waals surface area contributed by atoms with Crippen molar-refractivity contribution in [3.05, 3.63) is 30.3 Å². The summed E-state index contributed by atoms with van der Waals surface area (Å²) < 4.78 is 28.7. The van der Waals surface area contributed by atoms with E-state index in [-0.39, 0.29) is 18.3 Å². The van der Waals surface area contributed by atoms with E-state index in [2.05, 4.69) is 0 Å². The Morgan fingerprint density at radius 3 is 2.61 bits per heavy atom. The molecule has 0 N–H and O–H groups in total. The Kier molecular flexibility index (Phi) is 3.92. The second kappa shape index (κ2) is 5.52. The first-order valence-corrected chi connectivity index (χ1v) is 9.69. The number of hydrogen-bond donors (Lipinski definition) is 0. The number of ether oxygens (including phenoxy) is 1. The van der Waals surface area contributed by atoms with E-state index in [9.17, 15) is 18.0 Å². The number of thioether (sulfide) groups is 1. The van der Waals surface area contributed by atoms with Gasteiger partial charge in [0.25, 0.3) is 0 Å². The molecule has 2 atom stereocenters. The zero-order chi connectivity index (χ0) is 16.8. The molecule has 2 saturated heterocycles. The van der Waals surface area contributed by atoms with Crippen LogP contribution in [0.3, 0.4) is 0 Å². The fourth-order valence-electron chi connectivity index (χ4n) is 2.96. The highest BCUT2D eigenvalue weighted by molar-refractivity contribution is 7.99. The van der Waals surface area contributed by atoms with Gasteiger partial charge >= 0.3 is 5.97 Å². The van der Waals surface area contributed by atoms with E-state index in [4.69, 9.17) is 4.74 Å². The number of carbonyl (C=O) groups is 2. The van der Waals surface area contributed by atoms with Crippen LogP contribution in [0, 0.1) is 0 Å². The maximum atomic E-state index is 12.4. The third-order valence-electron chi connectivity index (χ3n) is 4.37. The van der Waals surface area contributed by atoms with Gasteiger partial charge in [-0.2, -0.15) is 0 Å². The number of esters is 1. The van der Waals surface area contributed by atoms with Crippen LogP contribution in [0.4, 0.5) is 0 Å². The van der Waals surface area contributed by atoms with Crippen LogP contribution >= 0.6 is 11.8 Å². The van der Waals surface area contributed by atoms with Crippen LogP contribution in [0.5, 0.6) is 0 Å². The second-order valence-electron chi connectivity index (χ2n) is 6.05. The summed E-state index contributed by atoms with van der Waals surface area (Å²) in [4.78, 5) is 26.2. The highest BCUT2D eigenvalue weighted by Crippen LogP contribution is 2.46. The predicted molar refractivity (Wildman–Crippen MR) is 85.3 cm³/mol. The summed E-state index contributed by atoms with van der Waals surface area (Å²) in [6.07, 6.45) is -0.0473. The highest BCUT2D eigenvalue weighted by Gasteiger charge is 2.68. The lowest BCUT2D eigenvalue weighted by Crippen LogP contribution is -2.57. The molecule has 3 rings (SSSR count). The van der Waals surface area contributed by atoms with Crippen LogP contribution in [0.15, 0.2) is 35.2 Å². The van der Waals surface area contributed by atoms with Crippen LogP contribution in [-0.2, 0) is 24.2 Å². The van der Waals surface area contributed by atoms with Crippen molar-refractivity contribution in [2.24, 2.45) is 0 Å². The van der Waals surface area contributed by atoms with E-state index < -0.39 is 32.0 Å². The number of β-lactam (4-membered cyclic amide) rings is 1. The third-order valence-corrected chi connectivity index (χ3v) is 8.01. The summed E-state index contributed by atoms with van der Waals surface area (Å²) in [7, 11) is -3.57. The first kappa shape index (κ1) is 16.3. The number of amides is 1. The standard InChI is InChI=1S/C15H17NO5S2/c1-15(2)13(16-11(17)8-12(16)23(15,19)20)14(18)21-9-22-10-6-4-3-5-7-10/h3-7,12-13H,8-9H2,1-2H3/t12-,13+/m1/s1. The van der Waals surface area contributed by atoms with Crippen molar-refractivity contribution in [3.63, 3.8) is 0 Å². The van der Waals surface area contributed by atoms with Gasteiger partial charge in [-0.15, -0.1) is 0 Å². The molecule has 0 saturated carbocycles. The zero-order valence-electron chi connectivity index (χ0n) is 12.8. The maximum Gasteiger partial charge on any atom is 0.331 e. The minimum atomic E-state index is -3.57. The molecule has 0 aliphatic carbocycles. The number of sulfone groups is 1. The van der Waals surface area contributed by atoms with E-state index in [0.29, 0.717) is 0 Å². The fourth-order valence-corrected chi connectivity index (χ4v) is 5.74. The summed E-state index contributed by atoms with van der Waals surface area (Å²) in [6, 6.07) is 8.34. The van der Waals surface area contributed by atoms with Crippen LogP contribution < -0.4 is 0 Å². The SMILES string of the molecule is CC1(C)[C@H](C(=O)OCSc2ccccc2)N2C(=O)C[C@H]2S1(=O)=O. The van der Waals surface area contributed by atoms with Gasteiger partial charge < -0.3 is 9.64 Å². The monoisotopic (exact) mass is 355 g/mol. The van der Waals surface area contributed by atoms with Gasteiger partial charge in [0.05, 0.1) is 11.2 Å². The summed E-state index contributed by atoms with van der Waals surface area (Å²) in [5.41, 5.74) is 0. The van der Waals surface area contributed by atoms with Crippen molar-refractivity contribution in [1.29, 1.82) is 0 Å². The van der Waals surface area contributed by atoms with E-state index >= 15 is 0 Å². The van der Waals surface area contributed by atoms with Gasteiger partial charge in [0, 0.05) is 4.90 Å². The van der Waals surface area contributed by atoms with E-state index in [1.165, 1.54) is 25.6 Å². The molecule has 0 bridgehead atoms. The molecule has 0 spiro atoms. The lowest BCUT2D eigenvalue weighted by molar-refractivity contribution is -0.159. The van der Waals surface area contributed by atoms with Crippen LogP contribution in [0.1, 0.15) is 20.3 Å².